The van der Waals surface area contributed by atoms with Crippen LogP contribution in [-0.4, -0.2) is 23.1 Å². The van der Waals surface area contributed by atoms with Gasteiger partial charge in [0.1, 0.15) is 5.75 Å². The largest absolute Gasteiger partial charge is 0.496 e. The number of fused-ring (bicyclic) bond motifs is 1. The molecule has 0 aliphatic carbocycles. The van der Waals surface area contributed by atoms with Crippen molar-refractivity contribution in [3.8, 4) is 16.9 Å². The average molecular weight is 368 g/mol. The summed E-state index contributed by atoms with van der Waals surface area (Å²) in [5.41, 5.74) is 6.19. The first-order valence-electron chi connectivity index (χ1n) is 9.10. The lowest BCUT2D eigenvalue weighted by molar-refractivity contribution is 0.416. The summed E-state index contributed by atoms with van der Waals surface area (Å²) < 4.78 is 5.81. The van der Waals surface area contributed by atoms with Crippen LogP contribution in [0.4, 0.5) is 5.69 Å². The van der Waals surface area contributed by atoms with Gasteiger partial charge in [-0.3, -0.25) is 0 Å². The Morgan fingerprint density at radius 1 is 1.04 bits per heavy atom. The quantitative estimate of drug-likeness (QED) is 0.668. The molecule has 0 saturated carbocycles. The van der Waals surface area contributed by atoms with Gasteiger partial charge in [-0.2, -0.15) is 11.8 Å². The molecule has 0 amide bonds. The lowest BCUT2D eigenvalue weighted by atomic mass is 9.89. The van der Waals surface area contributed by atoms with E-state index in [1.54, 1.807) is 7.11 Å². The molecule has 1 N–H and O–H groups in total. The maximum absolute atomic E-state index is 5.56. The van der Waals surface area contributed by atoms with E-state index in [2.05, 4.69) is 76.3 Å². The van der Waals surface area contributed by atoms with Gasteiger partial charge >= 0.3 is 0 Å². The van der Waals surface area contributed by atoms with E-state index in [0.29, 0.717) is 0 Å². The van der Waals surface area contributed by atoms with E-state index in [1.165, 1.54) is 22.4 Å². The SMILES string of the molecule is COc1ccccc1-c1ccc2c(c1)C(CSC(C)(C)C)=CC(C)(C)N2. The maximum atomic E-state index is 5.56. The van der Waals surface area contributed by atoms with E-state index in [0.717, 1.165) is 17.1 Å². The Labute approximate surface area is 162 Å². The Hall–Kier alpha value is -1.87. The number of ether oxygens (including phenoxy) is 1. The molecule has 0 radical (unpaired) electrons. The lowest BCUT2D eigenvalue weighted by Gasteiger charge is -2.33. The van der Waals surface area contributed by atoms with Gasteiger partial charge < -0.3 is 10.1 Å². The van der Waals surface area contributed by atoms with Crippen molar-refractivity contribution in [3.05, 3.63) is 54.1 Å². The Kier molecular flexibility index (Phi) is 5.12. The van der Waals surface area contributed by atoms with Crippen LogP contribution in [0.15, 0.2) is 48.5 Å². The summed E-state index contributed by atoms with van der Waals surface area (Å²) in [6.45, 7) is 11.3. The standard InChI is InChI=1S/C23H29NOS/c1-22(2,3)26-15-17-14-23(4,5)24-20-12-11-16(13-19(17)20)18-9-7-8-10-21(18)25-6/h7-14,24H,15H2,1-6H3. The molecule has 0 spiro atoms. The molecule has 2 aromatic carbocycles. The second kappa shape index (κ2) is 7.03. The van der Waals surface area contributed by atoms with Crippen molar-refractivity contribution in [2.45, 2.75) is 44.9 Å². The number of thioether (sulfide) groups is 1. The molecule has 0 bridgehead atoms. The topological polar surface area (TPSA) is 21.3 Å². The van der Waals surface area contributed by atoms with Gasteiger partial charge in [-0.15, -0.1) is 0 Å². The molecule has 2 nitrogen and oxygen atoms in total. The van der Waals surface area contributed by atoms with Crippen molar-refractivity contribution in [2.24, 2.45) is 0 Å². The number of nitrogens with one attached hydrogen (secondary N) is 1. The third-order valence-electron chi connectivity index (χ3n) is 4.44. The summed E-state index contributed by atoms with van der Waals surface area (Å²) in [4.78, 5) is 0. The van der Waals surface area contributed by atoms with E-state index in [4.69, 9.17) is 4.74 Å². The monoisotopic (exact) mass is 367 g/mol. The van der Waals surface area contributed by atoms with E-state index in [1.807, 2.05) is 23.9 Å². The van der Waals surface area contributed by atoms with E-state index in [9.17, 15) is 0 Å². The van der Waals surface area contributed by atoms with Gasteiger partial charge in [-0.05, 0) is 43.2 Å². The number of methoxy groups -OCH3 is 1. The minimum Gasteiger partial charge on any atom is -0.496 e. The second-order valence-electron chi connectivity index (χ2n) is 8.38. The number of para-hydroxylation sites is 1. The van der Waals surface area contributed by atoms with Gasteiger partial charge in [-0.25, -0.2) is 0 Å². The number of hydrogen-bond acceptors (Lipinski definition) is 3. The van der Waals surface area contributed by atoms with Crippen molar-refractivity contribution in [1.82, 2.24) is 0 Å². The molecule has 3 heteroatoms. The van der Waals surface area contributed by atoms with Crippen molar-refractivity contribution in [1.29, 1.82) is 0 Å². The first-order valence-corrected chi connectivity index (χ1v) is 10.1. The smallest absolute Gasteiger partial charge is 0.126 e. The fourth-order valence-electron chi connectivity index (χ4n) is 3.28. The van der Waals surface area contributed by atoms with Gasteiger partial charge in [0.25, 0.3) is 0 Å². The zero-order chi connectivity index (χ0) is 18.9. The average Bonchev–Trinajstić information content (AvgIpc) is 2.58. The summed E-state index contributed by atoms with van der Waals surface area (Å²) in [6.07, 6.45) is 2.38. The highest BCUT2D eigenvalue weighted by Gasteiger charge is 2.25. The van der Waals surface area contributed by atoms with E-state index < -0.39 is 0 Å². The van der Waals surface area contributed by atoms with Crippen LogP contribution < -0.4 is 10.1 Å². The Morgan fingerprint density at radius 3 is 2.46 bits per heavy atom. The Balaban J connectivity index is 2.03. The molecule has 2 aromatic rings. The number of rotatable bonds is 4. The van der Waals surface area contributed by atoms with Crippen molar-refractivity contribution < 1.29 is 4.74 Å². The molecule has 1 heterocycles. The maximum Gasteiger partial charge on any atom is 0.126 e. The molecule has 0 aromatic heterocycles. The molecule has 0 atom stereocenters. The van der Waals surface area contributed by atoms with Crippen LogP contribution in [0.1, 0.15) is 40.2 Å². The predicted molar refractivity (Wildman–Crippen MR) is 116 cm³/mol. The summed E-state index contributed by atoms with van der Waals surface area (Å²) in [5.74, 6) is 1.92. The molecule has 0 fully saturated rings. The number of anilines is 1. The predicted octanol–water partition coefficient (Wildman–Crippen LogP) is 6.48. The van der Waals surface area contributed by atoms with Crippen LogP contribution in [0, 0.1) is 0 Å². The molecule has 26 heavy (non-hydrogen) atoms. The van der Waals surface area contributed by atoms with Gasteiger partial charge in [0.2, 0.25) is 0 Å². The molecular formula is C23H29NOS. The van der Waals surface area contributed by atoms with Crippen molar-refractivity contribution in [3.63, 3.8) is 0 Å². The fraction of sp³-hybridized carbons (Fsp3) is 0.391. The highest BCUT2D eigenvalue weighted by molar-refractivity contribution is 8.01. The normalized spacial score (nSPS) is 15.7. The molecule has 1 aliphatic rings. The van der Waals surface area contributed by atoms with Gasteiger partial charge in [0.05, 0.1) is 12.6 Å². The second-order valence-corrected chi connectivity index (χ2v) is 10.2. The minimum atomic E-state index is -0.0350. The molecule has 3 rings (SSSR count). The van der Waals surface area contributed by atoms with Gasteiger partial charge in [-0.1, -0.05) is 51.1 Å². The van der Waals surface area contributed by atoms with Crippen LogP contribution in [0.5, 0.6) is 5.75 Å². The van der Waals surface area contributed by atoms with E-state index >= 15 is 0 Å². The van der Waals surface area contributed by atoms with Crippen LogP contribution in [-0.2, 0) is 0 Å². The summed E-state index contributed by atoms with van der Waals surface area (Å²) >= 11 is 1.99. The highest BCUT2D eigenvalue weighted by Crippen LogP contribution is 2.41. The first kappa shape index (κ1) is 18.9. The van der Waals surface area contributed by atoms with Crippen LogP contribution >= 0.6 is 11.8 Å². The summed E-state index contributed by atoms with van der Waals surface area (Å²) in [5, 5.41) is 3.65. The van der Waals surface area contributed by atoms with Crippen molar-refractivity contribution >= 4 is 23.0 Å². The summed E-state index contributed by atoms with van der Waals surface area (Å²) in [7, 11) is 1.73. The Morgan fingerprint density at radius 2 is 1.77 bits per heavy atom. The number of hydrogen-bond donors (Lipinski definition) is 1. The third kappa shape index (κ3) is 4.27. The van der Waals surface area contributed by atoms with Gasteiger partial charge in [0, 0.05) is 27.3 Å². The van der Waals surface area contributed by atoms with Crippen LogP contribution in [0.2, 0.25) is 0 Å². The molecule has 138 valence electrons. The highest BCUT2D eigenvalue weighted by atomic mass is 32.2. The third-order valence-corrected chi connectivity index (χ3v) is 5.76. The van der Waals surface area contributed by atoms with Gasteiger partial charge in [0.15, 0.2) is 0 Å². The van der Waals surface area contributed by atoms with E-state index in [-0.39, 0.29) is 10.3 Å². The minimum absolute atomic E-state index is 0.0350. The zero-order valence-electron chi connectivity index (χ0n) is 16.6. The number of benzene rings is 2. The lowest BCUT2D eigenvalue weighted by Crippen LogP contribution is -2.32. The molecular weight excluding hydrogens is 338 g/mol. The van der Waals surface area contributed by atoms with Crippen LogP contribution in [0.3, 0.4) is 0 Å². The fourth-order valence-corrected chi connectivity index (χ4v) is 4.11. The molecule has 1 aliphatic heterocycles. The molecule has 0 saturated heterocycles. The van der Waals surface area contributed by atoms with Crippen molar-refractivity contribution in [2.75, 3.05) is 18.2 Å². The Bertz CT molecular complexity index is 830. The zero-order valence-corrected chi connectivity index (χ0v) is 17.5. The van der Waals surface area contributed by atoms with Crippen LogP contribution in [0.25, 0.3) is 16.7 Å². The summed E-state index contributed by atoms with van der Waals surface area (Å²) in [6, 6.07) is 14.9. The first-order chi connectivity index (χ1) is 12.2. The molecule has 0 unspecified atom stereocenters.